The van der Waals surface area contributed by atoms with Crippen molar-refractivity contribution in [3.63, 3.8) is 0 Å². The van der Waals surface area contributed by atoms with Gasteiger partial charge in [-0.1, -0.05) is 6.42 Å². The number of halogens is 1. The van der Waals surface area contributed by atoms with E-state index in [1.807, 2.05) is 18.3 Å². The fourth-order valence-electron chi connectivity index (χ4n) is 4.59. The molecule has 6 rings (SSSR count). The smallest absolute Gasteiger partial charge is 0.225 e. The number of aromatic amines is 1. The van der Waals surface area contributed by atoms with Crippen LogP contribution in [0.3, 0.4) is 0 Å². The summed E-state index contributed by atoms with van der Waals surface area (Å²) in [7, 11) is 1.80. The zero-order valence-corrected chi connectivity index (χ0v) is 17.7. The minimum absolute atomic E-state index is 0.340. The van der Waals surface area contributed by atoms with Gasteiger partial charge in [0.2, 0.25) is 5.95 Å². The Bertz CT molecular complexity index is 1250. The Kier molecular flexibility index (Phi) is 4.24. The van der Waals surface area contributed by atoms with Gasteiger partial charge in [0.1, 0.15) is 11.6 Å². The van der Waals surface area contributed by atoms with E-state index in [-0.39, 0.29) is 5.82 Å². The summed E-state index contributed by atoms with van der Waals surface area (Å²) in [4.78, 5) is 11.5. The normalized spacial score (nSPS) is 16.6. The van der Waals surface area contributed by atoms with E-state index in [0.717, 1.165) is 24.5 Å². The first-order valence-corrected chi connectivity index (χ1v) is 10.8. The molecule has 4 aromatic rings. The van der Waals surface area contributed by atoms with E-state index < -0.39 is 0 Å². The maximum Gasteiger partial charge on any atom is 0.225 e. The summed E-state index contributed by atoms with van der Waals surface area (Å²) >= 11 is 0. The number of hydrogen-bond acceptors (Lipinski definition) is 6. The van der Waals surface area contributed by atoms with E-state index in [4.69, 9.17) is 0 Å². The summed E-state index contributed by atoms with van der Waals surface area (Å²) in [6.07, 6.45) is 9.14. The summed E-state index contributed by atoms with van der Waals surface area (Å²) in [5, 5.41) is 14.2. The fourth-order valence-corrected chi connectivity index (χ4v) is 4.59. The number of hydrogen-bond donors (Lipinski definition) is 2. The molecular weight excluding hydrogens is 407 g/mol. The Balaban J connectivity index is 1.17. The minimum Gasteiger partial charge on any atom is -0.355 e. The Hall–Kier alpha value is -3.75. The molecule has 1 aliphatic heterocycles. The fraction of sp³-hybridized carbons (Fsp3) is 0.304. The van der Waals surface area contributed by atoms with Crippen LogP contribution in [0.1, 0.15) is 19.3 Å². The zero-order chi connectivity index (χ0) is 21.7. The molecular formula is C23H23FN8. The second-order valence-electron chi connectivity index (χ2n) is 8.80. The molecule has 1 saturated carbocycles. The average Bonchev–Trinajstić information content (AvgIpc) is 3.37. The van der Waals surface area contributed by atoms with Crippen LogP contribution in [0.4, 0.5) is 21.8 Å². The molecule has 0 bridgehead atoms. The van der Waals surface area contributed by atoms with Gasteiger partial charge in [0.25, 0.3) is 0 Å². The largest absolute Gasteiger partial charge is 0.355 e. The van der Waals surface area contributed by atoms with Crippen LogP contribution in [0, 0.1) is 11.2 Å². The molecule has 9 heteroatoms. The second kappa shape index (κ2) is 7.15. The third-order valence-corrected chi connectivity index (χ3v) is 6.59. The lowest BCUT2D eigenvalue weighted by molar-refractivity contribution is 0.0896. The van der Waals surface area contributed by atoms with Gasteiger partial charge in [-0.05, 0) is 43.2 Å². The minimum atomic E-state index is -0.340. The van der Waals surface area contributed by atoms with Gasteiger partial charge in [-0.25, -0.2) is 14.1 Å². The van der Waals surface area contributed by atoms with Crippen LogP contribution in [0.2, 0.25) is 0 Å². The highest BCUT2D eigenvalue weighted by Crippen LogP contribution is 2.49. The highest BCUT2D eigenvalue weighted by Gasteiger charge is 2.47. The van der Waals surface area contributed by atoms with Gasteiger partial charge in [-0.2, -0.15) is 10.1 Å². The highest BCUT2D eigenvalue weighted by atomic mass is 19.1. The number of anilines is 3. The molecule has 0 amide bonds. The first kappa shape index (κ1) is 19.0. The summed E-state index contributed by atoms with van der Waals surface area (Å²) in [5.41, 5.74) is 3.19. The first-order valence-electron chi connectivity index (χ1n) is 10.8. The van der Waals surface area contributed by atoms with Gasteiger partial charge in [-0.3, -0.25) is 5.10 Å². The molecule has 0 radical (unpaired) electrons. The average molecular weight is 430 g/mol. The standard InChI is InChI=1S/C23H23FN8/c1-31-22(28-17-4-5-18(19(24)9-17)16-11-26-27-12-16)29-21(30-31)15-3-6-20(25-10-15)32-13-23(14-32)7-2-8-23/h3-6,9-12H,2,7-8,13-14H2,1H3,(H,26,27)(H,28,29,30). The number of nitrogens with one attached hydrogen (secondary N) is 2. The van der Waals surface area contributed by atoms with Crippen LogP contribution < -0.4 is 10.2 Å². The van der Waals surface area contributed by atoms with Gasteiger partial charge in [0.15, 0.2) is 5.82 Å². The lowest BCUT2D eigenvalue weighted by Gasteiger charge is -2.56. The van der Waals surface area contributed by atoms with Crippen LogP contribution in [0.25, 0.3) is 22.5 Å². The van der Waals surface area contributed by atoms with Gasteiger partial charge in [0.05, 0.1) is 6.20 Å². The topological polar surface area (TPSA) is 87.6 Å². The summed E-state index contributed by atoms with van der Waals surface area (Å²) in [5.74, 6) is 1.76. The van der Waals surface area contributed by atoms with E-state index in [1.54, 1.807) is 36.3 Å². The van der Waals surface area contributed by atoms with E-state index in [0.29, 0.717) is 34.0 Å². The van der Waals surface area contributed by atoms with Crippen LogP contribution in [-0.4, -0.2) is 43.0 Å². The molecule has 1 aromatic carbocycles. The van der Waals surface area contributed by atoms with Crippen molar-refractivity contribution < 1.29 is 4.39 Å². The molecule has 0 unspecified atom stereocenters. The molecule has 4 heterocycles. The Morgan fingerprint density at radius 2 is 1.97 bits per heavy atom. The molecule has 8 nitrogen and oxygen atoms in total. The van der Waals surface area contributed by atoms with Crippen LogP contribution in [-0.2, 0) is 7.05 Å². The number of aromatic nitrogens is 6. The van der Waals surface area contributed by atoms with Crippen molar-refractivity contribution in [2.24, 2.45) is 12.5 Å². The number of pyridine rings is 1. The molecule has 2 N–H and O–H groups in total. The van der Waals surface area contributed by atoms with Crippen molar-refractivity contribution in [3.05, 3.63) is 54.7 Å². The van der Waals surface area contributed by atoms with Crippen LogP contribution in [0.5, 0.6) is 0 Å². The van der Waals surface area contributed by atoms with E-state index >= 15 is 0 Å². The molecule has 2 fully saturated rings. The predicted octanol–water partition coefficient (Wildman–Crippen LogP) is 4.14. The Labute approximate surface area is 184 Å². The van der Waals surface area contributed by atoms with Crippen LogP contribution >= 0.6 is 0 Å². The van der Waals surface area contributed by atoms with Crippen molar-refractivity contribution in [2.45, 2.75) is 19.3 Å². The molecule has 2 aliphatic rings. The quantitative estimate of drug-likeness (QED) is 0.495. The van der Waals surface area contributed by atoms with Gasteiger partial charge >= 0.3 is 0 Å². The maximum atomic E-state index is 14.6. The van der Waals surface area contributed by atoms with Gasteiger partial charge < -0.3 is 10.2 Å². The summed E-state index contributed by atoms with van der Waals surface area (Å²) in [6, 6.07) is 9.00. The SMILES string of the molecule is Cn1nc(-c2ccc(N3CC4(CCC4)C3)nc2)nc1Nc1ccc(-c2cn[nH]c2)c(F)c1. The third-order valence-electron chi connectivity index (χ3n) is 6.59. The molecule has 1 saturated heterocycles. The van der Waals surface area contributed by atoms with Crippen molar-refractivity contribution in [3.8, 4) is 22.5 Å². The molecule has 1 spiro atoms. The lowest BCUT2D eigenvalue weighted by Crippen LogP contribution is -2.60. The van der Waals surface area contributed by atoms with Crippen molar-refractivity contribution in [1.82, 2.24) is 29.9 Å². The molecule has 32 heavy (non-hydrogen) atoms. The number of nitrogens with zero attached hydrogens (tertiary/aromatic N) is 6. The van der Waals surface area contributed by atoms with Gasteiger partial charge in [-0.15, -0.1) is 5.10 Å². The molecule has 3 aromatic heterocycles. The van der Waals surface area contributed by atoms with Crippen LogP contribution in [0.15, 0.2) is 48.9 Å². The summed E-state index contributed by atoms with van der Waals surface area (Å²) in [6.45, 7) is 2.23. The zero-order valence-electron chi connectivity index (χ0n) is 17.7. The Morgan fingerprint density at radius 3 is 2.62 bits per heavy atom. The monoisotopic (exact) mass is 430 g/mol. The molecule has 0 atom stereocenters. The summed E-state index contributed by atoms with van der Waals surface area (Å²) < 4.78 is 16.2. The third kappa shape index (κ3) is 3.21. The maximum absolute atomic E-state index is 14.6. The first-order chi connectivity index (χ1) is 15.6. The molecule has 1 aliphatic carbocycles. The number of benzene rings is 1. The van der Waals surface area contributed by atoms with Crippen molar-refractivity contribution in [2.75, 3.05) is 23.3 Å². The Morgan fingerprint density at radius 1 is 1.09 bits per heavy atom. The molecule has 162 valence electrons. The highest BCUT2D eigenvalue weighted by molar-refractivity contribution is 5.67. The number of rotatable bonds is 5. The number of aryl methyl sites for hydroxylation is 1. The van der Waals surface area contributed by atoms with E-state index in [1.165, 1.54) is 25.3 Å². The van der Waals surface area contributed by atoms with E-state index in [2.05, 4.69) is 35.5 Å². The number of H-pyrrole nitrogens is 1. The second-order valence-corrected chi connectivity index (χ2v) is 8.80. The predicted molar refractivity (Wildman–Crippen MR) is 120 cm³/mol. The van der Waals surface area contributed by atoms with E-state index in [9.17, 15) is 4.39 Å². The lowest BCUT2D eigenvalue weighted by atomic mass is 9.63. The van der Waals surface area contributed by atoms with Crippen molar-refractivity contribution >= 4 is 17.5 Å². The van der Waals surface area contributed by atoms with Crippen molar-refractivity contribution in [1.29, 1.82) is 0 Å². The van der Waals surface area contributed by atoms with Gasteiger partial charge in [0, 0.05) is 60.3 Å².